The van der Waals surface area contributed by atoms with Crippen LogP contribution in [0.25, 0.3) is 17.3 Å². The molecule has 0 unspecified atom stereocenters. The van der Waals surface area contributed by atoms with Crippen LogP contribution in [0.1, 0.15) is 18.9 Å². The molecular formula is C15H16N2OS. The Labute approximate surface area is 117 Å². The molecule has 0 fully saturated rings. The number of benzene rings is 1. The quantitative estimate of drug-likeness (QED) is 0.843. The van der Waals surface area contributed by atoms with Gasteiger partial charge in [0.1, 0.15) is 0 Å². The summed E-state index contributed by atoms with van der Waals surface area (Å²) < 4.78 is 0. The van der Waals surface area contributed by atoms with E-state index in [9.17, 15) is 4.79 Å². The first kappa shape index (κ1) is 13.6. The van der Waals surface area contributed by atoms with Gasteiger partial charge in [-0.05, 0) is 17.5 Å². The van der Waals surface area contributed by atoms with E-state index in [0.29, 0.717) is 0 Å². The number of carbonyl (C=O) groups excluding carboxylic acids is 1. The van der Waals surface area contributed by atoms with Gasteiger partial charge in [0.2, 0.25) is 0 Å². The molecule has 1 N–H and O–H groups in total. The maximum atomic E-state index is 10.8. The minimum absolute atomic E-state index is 0.178. The third-order valence-corrected chi connectivity index (χ3v) is 3.47. The lowest BCUT2D eigenvalue weighted by molar-refractivity contribution is -0.109. The van der Waals surface area contributed by atoms with Gasteiger partial charge in [-0.3, -0.25) is 4.79 Å². The van der Waals surface area contributed by atoms with E-state index in [1.165, 1.54) is 11.8 Å². The fourth-order valence-corrected chi connectivity index (χ4v) is 2.22. The zero-order valence-electron chi connectivity index (χ0n) is 10.8. The molecule has 0 radical (unpaired) electrons. The van der Waals surface area contributed by atoms with E-state index in [1.807, 2.05) is 6.20 Å². The van der Waals surface area contributed by atoms with Crippen molar-refractivity contribution in [1.29, 1.82) is 0 Å². The summed E-state index contributed by atoms with van der Waals surface area (Å²) in [5.41, 5.74) is 3.31. The predicted octanol–water partition coefficient (Wildman–Crippen LogP) is 3.76. The minimum Gasteiger partial charge on any atom is -0.345 e. The molecule has 0 atom stereocenters. The van der Waals surface area contributed by atoms with Gasteiger partial charge < -0.3 is 4.98 Å². The Morgan fingerprint density at radius 2 is 2.16 bits per heavy atom. The van der Waals surface area contributed by atoms with Gasteiger partial charge in [0, 0.05) is 12.7 Å². The van der Waals surface area contributed by atoms with Gasteiger partial charge in [-0.1, -0.05) is 48.2 Å². The van der Waals surface area contributed by atoms with Crippen LogP contribution in [0.3, 0.4) is 0 Å². The Hall–Kier alpha value is -1.81. The molecule has 0 saturated heterocycles. The molecule has 19 heavy (non-hydrogen) atoms. The molecule has 1 aromatic carbocycles. The van der Waals surface area contributed by atoms with Crippen molar-refractivity contribution >= 4 is 23.0 Å². The zero-order valence-corrected chi connectivity index (χ0v) is 11.6. The third-order valence-electron chi connectivity index (χ3n) is 2.62. The van der Waals surface area contributed by atoms with Gasteiger partial charge in [0.05, 0.1) is 18.2 Å². The normalized spacial score (nSPS) is 11.0. The SMILES string of the molecule is CC(=O)SCCC=Cc1ccc(-c2cnc[nH]2)cc1. The topological polar surface area (TPSA) is 45.8 Å². The lowest BCUT2D eigenvalue weighted by Crippen LogP contribution is -1.83. The van der Waals surface area contributed by atoms with E-state index >= 15 is 0 Å². The smallest absolute Gasteiger partial charge is 0.185 e. The van der Waals surface area contributed by atoms with Crippen LogP contribution in [0, 0.1) is 0 Å². The van der Waals surface area contributed by atoms with Gasteiger partial charge in [0.25, 0.3) is 0 Å². The molecule has 0 aliphatic carbocycles. The number of carbonyl (C=O) groups is 1. The minimum atomic E-state index is 0.178. The number of allylic oxidation sites excluding steroid dienone is 1. The highest BCUT2D eigenvalue weighted by Gasteiger charge is 1.97. The Morgan fingerprint density at radius 3 is 2.79 bits per heavy atom. The molecule has 0 spiro atoms. The second-order valence-electron chi connectivity index (χ2n) is 4.12. The number of nitrogens with zero attached hydrogens (tertiary/aromatic N) is 1. The van der Waals surface area contributed by atoms with Crippen LogP contribution in [-0.2, 0) is 4.79 Å². The average molecular weight is 272 g/mol. The number of hydrogen-bond donors (Lipinski definition) is 1. The summed E-state index contributed by atoms with van der Waals surface area (Å²) >= 11 is 1.37. The van der Waals surface area contributed by atoms with Crippen LogP contribution in [0.2, 0.25) is 0 Å². The van der Waals surface area contributed by atoms with Crippen molar-refractivity contribution in [2.24, 2.45) is 0 Å². The van der Waals surface area contributed by atoms with Crippen molar-refractivity contribution in [3.05, 3.63) is 48.4 Å². The number of aromatic nitrogens is 2. The maximum absolute atomic E-state index is 10.8. The van der Waals surface area contributed by atoms with E-state index < -0.39 is 0 Å². The molecule has 4 heteroatoms. The second-order valence-corrected chi connectivity index (χ2v) is 5.39. The van der Waals surface area contributed by atoms with Crippen molar-refractivity contribution in [2.45, 2.75) is 13.3 Å². The highest BCUT2D eigenvalue weighted by Crippen LogP contribution is 2.17. The number of H-pyrrole nitrogens is 1. The molecule has 0 saturated carbocycles. The predicted molar refractivity (Wildman–Crippen MR) is 80.8 cm³/mol. The van der Waals surface area contributed by atoms with Crippen molar-refractivity contribution in [1.82, 2.24) is 9.97 Å². The molecule has 2 aromatic rings. The largest absolute Gasteiger partial charge is 0.345 e. The fraction of sp³-hybridized carbons (Fsp3) is 0.200. The summed E-state index contributed by atoms with van der Waals surface area (Å²) in [6, 6.07) is 8.28. The summed E-state index contributed by atoms with van der Waals surface area (Å²) in [6.45, 7) is 1.60. The third kappa shape index (κ3) is 4.41. The lowest BCUT2D eigenvalue weighted by atomic mass is 10.1. The van der Waals surface area contributed by atoms with Crippen LogP contribution in [0.4, 0.5) is 0 Å². The number of imidazole rings is 1. The summed E-state index contributed by atoms with van der Waals surface area (Å²) in [5, 5.41) is 0.178. The van der Waals surface area contributed by atoms with Gasteiger partial charge in [-0.2, -0.15) is 0 Å². The summed E-state index contributed by atoms with van der Waals surface area (Å²) in [4.78, 5) is 17.8. The Bertz CT molecular complexity index is 544. The zero-order chi connectivity index (χ0) is 13.5. The number of rotatable bonds is 5. The van der Waals surface area contributed by atoms with E-state index in [1.54, 1.807) is 13.3 Å². The Kier molecular flexibility index (Phi) is 4.98. The van der Waals surface area contributed by atoms with Gasteiger partial charge in [-0.25, -0.2) is 4.98 Å². The van der Waals surface area contributed by atoms with E-state index in [4.69, 9.17) is 0 Å². The highest BCUT2D eigenvalue weighted by molar-refractivity contribution is 8.13. The number of hydrogen-bond acceptors (Lipinski definition) is 3. The van der Waals surface area contributed by atoms with Crippen LogP contribution >= 0.6 is 11.8 Å². The highest BCUT2D eigenvalue weighted by atomic mass is 32.2. The molecule has 0 bridgehead atoms. The monoisotopic (exact) mass is 272 g/mol. The van der Waals surface area contributed by atoms with Crippen LogP contribution < -0.4 is 0 Å². The maximum Gasteiger partial charge on any atom is 0.185 e. The number of thioether (sulfide) groups is 1. The molecule has 2 rings (SSSR count). The molecule has 98 valence electrons. The van der Waals surface area contributed by atoms with Crippen molar-refractivity contribution in [3.8, 4) is 11.3 Å². The number of nitrogens with one attached hydrogen (secondary N) is 1. The van der Waals surface area contributed by atoms with Crippen molar-refractivity contribution < 1.29 is 4.79 Å². The Balaban J connectivity index is 1.88. The standard InChI is InChI=1S/C15H16N2OS/c1-12(18)19-9-3-2-4-13-5-7-14(8-6-13)15-10-16-11-17-15/h2,4-8,10-11H,3,9H2,1H3,(H,16,17). The first-order valence-corrected chi connectivity index (χ1v) is 7.13. The molecule has 0 aliphatic rings. The second kappa shape index (κ2) is 6.95. The van der Waals surface area contributed by atoms with E-state index in [2.05, 4.69) is 46.4 Å². The fourth-order valence-electron chi connectivity index (χ4n) is 1.68. The van der Waals surface area contributed by atoms with Gasteiger partial charge >= 0.3 is 0 Å². The van der Waals surface area contributed by atoms with E-state index in [-0.39, 0.29) is 5.12 Å². The lowest BCUT2D eigenvalue weighted by Gasteiger charge is -1.98. The molecule has 1 heterocycles. The van der Waals surface area contributed by atoms with Gasteiger partial charge in [0.15, 0.2) is 5.12 Å². The Morgan fingerprint density at radius 1 is 1.37 bits per heavy atom. The van der Waals surface area contributed by atoms with Crippen LogP contribution in [0.5, 0.6) is 0 Å². The molecule has 3 nitrogen and oxygen atoms in total. The van der Waals surface area contributed by atoms with E-state index in [0.717, 1.165) is 29.0 Å². The first-order valence-electron chi connectivity index (χ1n) is 6.14. The summed E-state index contributed by atoms with van der Waals surface area (Å²) in [7, 11) is 0. The molecular weight excluding hydrogens is 256 g/mol. The van der Waals surface area contributed by atoms with Crippen LogP contribution in [0.15, 0.2) is 42.9 Å². The van der Waals surface area contributed by atoms with Gasteiger partial charge in [-0.15, -0.1) is 0 Å². The first-order chi connectivity index (χ1) is 9.25. The summed E-state index contributed by atoms with van der Waals surface area (Å²) in [5.74, 6) is 0.845. The summed E-state index contributed by atoms with van der Waals surface area (Å²) in [6.07, 6.45) is 8.57. The number of aromatic amines is 1. The van der Waals surface area contributed by atoms with Crippen molar-refractivity contribution in [3.63, 3.8) is 0 Å². The molecule has 0 amide bonds. The van der Waals surface area contributed by atoms with Crippen molar-refractivity contribution in [2.75, 3.05) is 5.75 Å². The average Bonchev–Trinajstić information content (AvgIpc) is 2.93. The molecule has 0 aliphatic heterocycles. The van der Waals surface area contributed by atoms with Crippen LogP contribution in [-0.4, -0.2) is 20.8 Å². The molecule has 1 aromatic heterocycles.